The van der Waals surface area contributed by atoms with E-state index in [0.717, 1.165) is 31.6 Å². The quantitative estimate of drug-likeness (QED) is 0.773. The summed E-state index contributed by atoms with van der Waals surface area (Å²) in [5.74, 6) is 0.340. The van der Waals surface area contributed by atoms with Crippen LogP contribution in [0.4, 0.5) is 4.39 Å². The minimum Gasteiger partial charge on any atom is -0.341 e. The van der Waals surface area contributed by atoms with E-state index in [0.29, 0.717) is 25.4 Å². The standard InChI is InChI=1S/C19H27FN6O/c1-15(2)18-13-25(19(27)8-11-26-14-21-22-23-26)10-3-9-24(18)12-16-4-6-17(20)7-5-16/h4-7,14-15,18H,3,8-13H2,1-2H3. The summed E-state index contributed by atoms with van der Waals surface area (Å²) in [6.45, 7) is 8.06. The highest BCUT2D eigenvalue weighted by Gasteiger charge is 2.29. The second-order valence-corrected chi connectivity index (χ2v) is 7.42. The molecule has 7 nitrogen and oxygen atoms in total. The van der Waals surface area contributed by atoms with Gasteiger partial charge in [-0.25, -0.2) is 9.07 Å². The van der Waals surface area contributed by atoms with Gasteiger partial charge in [-0.2, -0.15) is 0 Å². The Labute approximate surface area is 159 Å². The van der Waals surface area contributed by atoms with Crippen molar-refractivity contribution in [1.29, 1.82) is 0 Å². The number of halogens is 1. The molecule has 3 rings (SSSR count). The molecule has 1 unspecified atom stereocenters. The molecule has 27 heavy (non-hydrogen) atoms. The Balaban J connectivity index is 1.63. The van der Waals surface area contributed by atoms with E-state index in [2.05, 4.69) is 34.3 Å². The van der Waals surface area contributed by atoms with E-state index in [1.807, 2.05) is 17.0 Å². The number of carbonyl (C=O) groups excluding carboxylic acids is 1. The second-order valence-electron chi connectivity index (χ2n) is 7.42. The maximum atomic E-state index is 13.2. The number of aryl methyl sites for hydroxylation is 1. The van der Waals surface area contributed by atoms with Crippen molar-refractivity contribution in [3.05, 3.63) is 42.0 Å². The van der Waals surface area contributed by atoms with E-state index in [1.165, 1.54) is 18.5 Å². The predicted molar refractivity (Wildman–Crippen MR) is 99.1 cm³/mol. The lowest BCUT2D eigenvalue weighted by Gasteiger charge is -2.34. The molecule has 2 heterocycles. The van der Waals surface area contributed by atoms with Gasteiger partial charge in [-0.3, -0.25) is 9.69 Å². The lowest BCUT2D eigenvalue weighted by molar-refractivity contribution is -0.132. The third-order valence-electron chi connectivity index (χ3n) is 5.12. The first-order chi connectivity index (χ1) is 13.0. The summed E-state index contributed by atoms with van der Waals surface area (Å²) < 4.78 is 14.8. The van der Waals surface area contributed by atoms with Crippen LogP contribution >= 0.6 is 0 Å². The lowest BCUT2D eigenvalue weighted by Crippen LogP contribution is -2.45. The van der Waals surface area contributed by atoms with Crippen LogP contribution in [-0.4, -0.2) is 61.6 Å². The summed E-state index contributed by atoms with van der Waals surface area (Å²) in [7, 11) is 0. The lowest BCUT2D eigenvalue weighted by atomic mass is 10.0. The minimum atomic E-state index is -0.214. The van der Waals surface area contributed by atoms with E-state index >= 15 is 0 Å². The summed E-state index contributed by atoms with van der Waals surface area (Å²) in [5, 5.41) is 11.0. The zero-order valence-corrected chi connectivity index (χ0v) is 16.0. The van der Waals surface area contributed by atoms with Crippen molar-refractivity contribution in [2.75, 3.05) is 19.6 Å². The Morgan fingerprint density at radius 2 is 2.04 bits per heavy atom. The Kier molecular flexibility index (Phi) is 6.49. The van der Waals surface area contributed by atoms with Crippen LogP contribution in [0.5, 0.6) is 0 Å². The maximum absolute atomic E-state index is 13.2. The molecule has 1 aliphatic heterocycles. The third kappa shape index (κ3) is 5.32. The van der Waals surface area contributed by atoms with Crippen LogP contribution in [0.25, 0.3) is 0 Å². The molecule has 1 saturated heterocycles. The topological polar surface area (TPSA) is 67.2 Å². The van der Waals surface area contributed by atoms with Gasteiger partial charge in [0, 0.05) is 38.6 Å². The molecule has 2 aromatic rings. The molecular formula is C19H27FN6O. The van der Waals surface area contributed by atoms with Crippen LogP contribution in [0.15, 0.2) is 30.6 Å². The molecule has 1 aromatic carbocycles. The normalized spacial score (nSPS) is 18.7. The fourth-order valence-electron chi connectivity index (χ4n) is 3.59. The average Bonchev–Trinajstić information content (AvgIpc) is 3.08. The average molecular weight is 374 g/mol. The van der Waals surface area contributed by atoms with Crippen molar-refractivity contribution in [3.8, 4) is 0 Å². The van der Waals surface area contributed by atoms with Crippen LogP contribution < -0.4 is 0 Å². The predicted octanol–water partition coefficient (Wildman–Crippen LogP) is 1.96. The molecule has 1 amide bonds. The van der Waals surface area contributed by atoms with Crippen molar-refractivity contribution >= 4 is 5.91 Å². The first-order valence-corrected chi connectivity index (χ1v) is 9.50. The number of carbonyl (C=O) groups is 1. The molecule has 1 aromatic heterocycles. The molecular weight excluding hydrogens is 347 g/mol. The molecule has 1 fully saturated rings. The molecule has 0 saturated carbocycles. The van der Waals surface area contributed by atoms with Gasteiger partial charge in [-0.05, 0) is 40.5 Å². The fraction of sp³-hybridized carbons (Fsp3) is 0.579. The molecule has 0 N–H and O–H groups in total. The summed E-state index contributed by atoms with van der Waals surface area (Å²) in [4.78, 5) is 17.1. The summed E-state index contributed by atoms with van der Waals surface area (Å²) in [6.07, 6.45) is 2.85. The molecule has 1 aliphatic rings. The van der Waals surface area contributed by atoms with Gasteiger partial charge in [0.1, 0.15) is 12.1 Å². The Morgan fingerprint density at radius 1 is 1.26 bits per heavy atom. The highest BCUT2D eigenvalue weighted by molar-refractivity contribution is 5.76. The number of nitrogens with zero attached hydrogens (tertiary/aromatic N) is 6. The minimum absolute atomic E-state index is 0.139. The van der Waals surface area contributed by atoms with E-state index in [4.69, 9.17) is 0 Å². The zero-order valence-electron chi connectivity index (χ0n) is 16.0. The van der Waals surface area contributed by atoms with Gasteiger partial charge >= 0.3 is 0 Å². The van der Waals surface area contributed by atoms with Crippen molar-refractivity contribution in [2.45, 2.75) is 45.8 Å². The number of aromatic nitrogens is 4. The zero-order chi connectivity index (χ0) is 19.2. The monoisotopic (exact) mass is 374 g/mol. The SMILES string of the molecule is CC(C)C1CN(C(=O)CCn2cnnn2)CCCN1Cc1ccc(F)cc1. The van der Waals surface area contributed by atoms with E-state index < -0.39 is 0 Å². The number of amides is 1. The second kappa shape index (κ2) is 9.03. The third-order valence-corrected chi connectivity index (χ3v) is 5.12. The van der Waals surface area contributed by atoms with E-state index in [1.54, 1.807) is 4.68 Å². The van der Waals surface area contributed by atoms with Gasteiger partial charge < -0.3 is 4.90 Å². The fourth-order valence-corrected chi connectivity index (χ4v) is 3.59. The highest BCUT2D eigenvalue weighted by Crippen LogP contribution is 2.20. The van der Waals surface area contributed by atoms with Crippen LogP contribution in [0.1, 0.15) is 32.3 Å². The van der Waals surface area contributed by atoms with Crippen LogP contribution in [0.2, 0.25) is 0 Å². The van der Waals surface area contributed by atoms with Crippen LogP contribution in [0, 0.1) is 11.7 Å². The highest BCUT2D eigenvalue weighted by atomic mass is 19.1. The van der Waals surface area contributed by atoms with E-state index in [9.17, 15) is 9.18 Å². The molecule has 8 heteroatoms. The van der Waals surface area contributed by atoms with Crippen molar-refractivity contribution in [2.24, 2.45) is 5.92 Å². The number of hydrogen-bond acceptors (Lipinski definition) is 5. The summed E-state index contributed by atoms with van der Waals surface area (Å²) >= 11 is 0. The van der Waals surface area contributed by atoms with Gasteiger partial charge in [-0.15, -0.1) is 5.10 Å². The smallest absolute Gasteiger partial charge is 0.224 e. The van der Waals surface area contributed by atoms with Crippen LogP contribution in [0.3, 0.4) is 0 Å². The number of benzene rings is 1. The molecule has 1 atom stereocenters. The Hall–Kier alpha value is -2.35. The molecule has 0 spiro atoms. The molecule has 0 aliphatic carbocycles. The van der Waals surface area contributed by atoms with Gasteiger partial charge in [0.2, 0.25) is 5.91 Å². The number of tetrazole rings is 1. The van der Waals surface area contributed by atoms with Crippen molar-refractivity contribution in [1.82, 2.24) is 30.0 Å². The Morgan fingerprint density at radius 3 is 2.70 bits per heavy atom. The van der Waals surface area contributed by atoms with Gasteiger partial charge in [0.25, 0.3) is 0 Å². The number of rotatable bonds is 6. The first kappa shape index (κ1) is 19.4. The molecule has 146 valence electrons. The molecule has 0 bridgehead atoms. The summed E-state index contributed by atoms with van der Waals surface area (Å²) in [6, 6.07) is 6.97. The largest absolute Gasteiger partial charge is 0.341 e. The Bertz CT molecular complexity index is 718. The van der Waals surface area contributed by atoms with Gasteiger partial charge in [0.05, 0.1) is 6.54 Å². The van der Waals surface area contributed by atoms with Crippen molar-refractivity contribution in [3.63, 3.8) is 0 Å². The van der Waals surface area contributed by atoms with Gasteiger partial charge in [-0.1, -0.05) is 26.0 Å². The number of hydrogen-bond donors (Lipinski definition) is 0. The first-order valence-electron chi connectivity index (χ1n) is 9.50. The van der Waals surface area contributed by atoms with Crippen molar-refractivity contribution < 1.29 is 9.18 Å². The summed E-state index contributed by atoms with van der Waals surface area (Å²) in [5.41, 5.74) is 1.10. The maximum Gasteiger partial charge on any atom is 0.224 e. The van der Waals surface area contributed by atoms with Crippen LogP contribution in [-0.2, 0) is 17.9 Å². The van der Waals surface area contributed by atoms with Gasteiger partial charge in [0.15, 0.2) is 0 Å². The van der Waals surface area contributed by atoms with E-state index in [-0.39, 0.29) is 17.8 Å². The molecule has 0 radical (unpaired) electrons.